The van der Waals surface area contributed by atoms with Crippen molar-refractivity contribution in [2.45, 2.75) is 38.5 Å². The van der Waals surface area contributed by atoms with E-state index in [1.807, 2.05) is 6.07 Å². The summed E-state index contributed by atoms with van der Waals surface area (Å²) in [6.45, 7) is 0.133. The van der Waals surface area contributed by atoms with Crippen molar-refractivity contribution >= 4 is 68.8 Å². The van der Waals surface area contributed by atoms with Crippen molar-refractivity contribution < 1.29 is 19.1 Å². The van der Waals surface area contributed by atoms with Crippen molar-refractivity contribution in [2.24, 2.45) is 23.2 Å². The molecule has 4 aliphatic carbocycles. The van der Waals surface area contributed by atoms with Gasteiger partial charge in [0.1, 0.15) is 6.61 Å². The van der Waals surface area contributed by atoms with Crippen LogP contribution < -0.4 is 14.9 Å². The Morgan fingerprint density at radius 3 is 2.56 bits per heavy atom. The molecule has 4 bridgehead atoms. The molecule has 34 heavy (non-hydrogen) atoms. The van der Waals surface area contributed by atoms with Gasteiger partial charge >= 0.3 is 0 Å². The van der Waals surface area contributed by atoms with Crippen molar-refractivity contribution in [1.82, 2.24) is 10.4 Å². The smallest absolute Gasteiger partial charge is 0.285 e. The lowest BCUT2D eigenvalue weighted by molar-refractivity contribution is -0.152. The van der Waals surface area contributed by atoms with Crippen molar-refractivity contribution in [1.29, 1.82) is 0 Å². The number of amides is 2. The van der Waals surface area contributed by atoms with E-state index >= 15 is 0 Å². The molecule has 6 rings (SSSR count). The van der Waals surface area contributed by atoms with Gasteiger partial charge in [-0.2, -0.15) is 5.01 Å². The summed E-state index contributed by atoms with van der Waals surface area (Å²) in [4.78, 5) is 27.1. The Kier molecular flexibility index (Phi) is 6.59. The maximum absolute atomic E-state index is 13.4. The summed E-state index contributed by atoms with van der Waals surface area (Å²) in [6.07, 6.45) is 13.6. The highest BCUT2D eigenvalue weighted by Gasteiger charge is 2.55. The van der Waals surface area contributed by atoms with Crippen LogP contribution in [-0.4, -0.2) is 34.9 Å². The third kappa shape index (κ3) is 4.33. The second-order valence-electron chi connectivity index (χ2n) is 9.68. The largest absolute Gasteiger partial charge is 0.493 e. The minimum absolute atomic E-state index is 0.0459. The van der Waals surface area contributed by atoms with Gasteiger partial charge in [0.15, 0.2) is 15.8 Å². The molecule has 0 spiro atoms. The van der Waals surface area contributed by atoms with Crippen molar-refractivity contribution in [3.8, 4) is 23.8 Å². The zero-order valence-corrected chi connectivity index (χ0v) is 22.6. The first-order valence-electron chi connectivity index (χ1n) is 11.3. The molecule has 9 heteroatoms. The first kappa shape index (κ1) is 23.9. The summed E-state index contributed by atoms with van der Waals surface area (Å²) in [5, 5.41) is 1.25. The topological polar surface area (TPSA) is 67.9 Å². The molecule has 178 valence electrons. The van der Waals surface area contributed by atoms with Crippen LogP contribution in [0.15, 0.2) is 17.0 Å². The summed E-state index contributed by atoms with van der Waals surface area (Å²) in [5.74, 6) is 5.12. The van der Waals surface area contributed by atoms with Gasteiger partial charge in [-0.25, -0.2) is 0 Å². The molecule has 1 aromatic carbocycles. The highest BCUT2D eigenvalue weighted by atomic mass is 127. The molecule has 2 amide bonds. The first-order valence-corrected chi connectivity index (χ1v) is 13.6. The van der Waals surface area contributed by atoms with Crippen LogP contribution in [0.25, 0.3) is 6.08 Å². The Bertz CT molecular complexity index is 1110. The van der Waals surface area contributed by atoms with Gasteiger partial charge in [-0.05, 0) is 115 Å². The number of thiocarbonyl (C=S) groups is 1. The highest BCUT2D eigenvalue weighted by molar-refractivity contribution is 14.1. The quantitative estimate of drug-likeness (QED) is 0.218. The van der Waals surface area contributed by atoms with Crippen LogP contribution in [0.1, 0.15) is 44.1 Å². The van der Waals surface area contributed by atoms with E-state index in [1.54, 1.807) is 19.3 Å². The molecule has 0 radical (unpaired) electrons. The SMILES string of the molecule is C#CCOc1c(I)cc(/C=C2/SC(=S)N(NC(=O)C34CC5CC(CC(C5)C3)C4)C2=O)cc1OC. The third-order valence-electron chi connectivity index (χ3n) is 7.38. The maximum Gasteiger partial charge on any atom is 0.285 e. The molecule has 4 saturated carbocycles. The molecular formula is C25H25IN2O4S2. The van der Waals surface area contributed by atoms with Crippen molar-refractivity contribution in [2.75, 3.05) is 13.7 Å². The van der Waals surface area contributed by atoms with E-state index in [0.717, 1.165) is 28.4 Å². The van der Waals surface area contributed by atoms with Gasteiger partial charge in [-0.15, -0.1) is 6.42 Å². The van der Waals surface area contributed by atoms with Crippen LogP contribution in [0.4, 0.5) is 0 Å². The lowest BCUT2D eigenvalue weighted by Crippen LogP contribution is -2.57. The van der Waals surface area contributed by atoms with Crippen LogP contribution in [0, 0.1) is 39.1 Å². The lowest BCUT2D eigenvalue weighted by Gasteiger charge is -2.55. The Morgan fingerprint density at radius 1 is 1.32 bits per heavy atom. The number of methoxy groups -OCH3 is 1. The van der Waals surface area contributed by atoms with Gasteiger partial charge in [0.2, 0.25) is 5.91 Å². The zero-order chi connectivity index (χ0) is 24.0. The second-order valence-corrected chi connectivity index (χ2v) is 12.5. The van der Waals surface area contributed by atoms with Gasteiger partial charge in [-0.3, -0.25) is 15.0 Å². The van der Waals surface area contributed by atoms with Crippen LogP contribution in [-0.2, 0) is 9.59 Å². The molecule has 6 nitrogen and oxygen atoms in total. The Hall–Kier alpha value is -1.77. The minimum Gasteiger partial charge on any atom is -0.493 e. The predicted molar refractivity (Wildman–Crippen MR) is 144 cm³/mol. The Labute approximate surface area is 222 Å². The number of carbonyl (C=O) groups excluding carboxylic acids is 2. The summed E-state index contributed by atoms with van der Waals surface area (Å²) in [5.41, 5.74) is 3.31. The van der Waals surface area contributed by atoms with E-state index in [0.29, 0.717) is 38.5 Å². The van der Waals surface area contributed by atoms with Gasteiger partial charge in [0, 0.05) is 0 Å². The summed E-state index contributed by atoms with van der Waals surface area (Å²) >= 11 is 8.79. The summed E-state index contributed by atoms with van der Waals surface area (Å²) < 4.78 is 12.2. The van der Waals surface area contributed by atoms with Gasteiger partial charge in [-0.1, -0.05) is 17.7 Å². The Morgan fingerprint density at radius 2 is 1.97 bits per heavy atom. The van der Waals surface area contributed by atoms with Crippen molar-refractivity contribution in [3.05, 3.63) is 26.2 Å². The number of carbonyl (C=O) groups is 2. The number of hydrazine groups is 1. The monoisotopic (exact) mass is 608 g/mol. The van der Waals surface area contributed by atoms with Crippen LogP contribution in [0.5, 0.6) is 11.5 Å². The number of halogens is 1. The molecule has 1 saturated heterocycles. The number of rotatable bonds is 6. The number of benzene rings is 1. The summed E-state index contributed by atoms with van der Waals surface area (Å²) in [7, 11) is 1.55. The fourth-order valence-corrected chi connectivity index (χ4v) is 8.36. The van der Waals surface area contributed by atoms with E-state index in [4.69, 9.17) is 28.1 Å². The molecule has 1 aromatic rings. The molecule has 5 aliphatic rings. The number of hydrogen-bond donors (Lipinski definition) is 1. The lowest BCUT2D eigenvalue weighted by atomic mass is 9.49. The Balaban J connectivity index is 1.33. The molecular weight excluding hydrogens is 583 g/mol. The number of nitrogens with one attached hydrogen (secondary N) is 1. The number of thioether (sulfide) groups is 1. The zero-order valence-electron chi connectivity index (χ0n) is 18.8. The molecule has 1 aliphatic heterocycles. The van der Waals surface area contributed by atoms with E-state index in [1.165, 1.54) is 36.0 Å². The number of hydrogen-bond acceptors (Lipinski definition) is 6. The molecule has 0 unspecified atom stereocenters. The van der Waals surface area contributed by atoms with E-state index in [2.05, 4.69) is 33.9 Å². The molecule has 0 atom stereocenters. The average molecular weight is 609 g/mol. The highest BCUT2D eigenvalue weighted by Crippen LogP contribution is 2.60. The van der Waals surface area contributed by atoms with Gasteiger partial charge in [0.05, 0.1) is 21.0 Å². The van der Waals surface area contributed by atoms with E-state index < -0.39 is 0 Å². The van der Waals surface area contributed by atoms with Crippen molar-refractivity contribution in [3.63, 3.8) is 0 Å². The molecule has 5 fully saturated rings. The molecule has 0 aromatic heterocycles. The van der Waals surface area contributed by atoms with Gasteiger partial charge < -0.3 is 9.47 Å². The third-order valence-corrected chi connectivity index (χ3v) is 9.48. The fraction of sp³-hybridized carbons (Fsp3) is 0.480. The minimum atomic E-state index is -0.348. The summed E-state index contributed by atoms with van der Waals surface area (Å²) in [6, 6.07) is 3.67. The second kappa shape index (κ2) is 9.36. The average Bonchev–Trinajstić information content (AvgIpc) is 3.04. The number of nitrogens with zero attached hydrogens (tertiary/aromatic N) is 1. The fourth-order valence-electron chi connectivity index (χ4n) is 6.40. The van der Waals surface area contributed by atoms with E-state index in [9.17, 15) is 9.59 Å². The number of terminal acetylenes is 1. The first-order chi connectivity index (χ1) is 16.3. The van der Waals surface area contributed by atoms with E-state index in [-0.39, 0.29) is 23.8 Å². The normalized spacial score (nSPS) is 30.6. The van der Waals surface area contributed by atoms with Crippen LogP contribution >= 0.6 is 46.6 Å². The predicted octanol–water partition coefficient (Wildman–Crippen LogP) is 4.76. The number of ether oxygens (including phenoxy) is 2. The van der Waals surface area contributed by atoms with Gasteiger partial charge in [0.25, 0.3) is 5.91 Å². The standard InChI is InChI=1S/C25H25IN2O4S2/c1-3-4-32-21-18(26)8-14(9-19(21)31-2)10-20-22(29)28(24(33)34-20)27-23(30)25-11-15-5-16(12-25)7-17(6-15)13-25/h1,8-10,15-17H,4-7,11-13H2,2H3,(H,27,30)/b20-10+. The molecule has 1 N–H and O–H groups in total. The van der Waals surface area contributed by atoms with Crippen LogP contribution in [0.2, 0.25) is 0 Å². The van der Waals surface area contributed by atoms with Crippen LogP contribution in [0.3, 0.4) is 0 Å². The maximum atomic E-state index is 13.4. The molecule has 1 heterocycles.